The third-order valence-electron chi connectivity index (χ3n) is 8.79. The van der Waals surface area contributed by atoms with E-state index in [9.17, 15) is 25.5 Å². The maximum atomic E-state index is 13.2. The van der Waals surface area contributed by atoms with Crippen LogP contribution in [0.1, 0.15) is 52.6 Å². The Hall–Kier alpha value is -0.928. The monoisotopic (exact) mass is 842 g/mol. The Kier molecular flexibility index (Phi) is 26.6. The second kappa shape index (κ2) is 25.9. The van der Waals surface area contributed by atoms with Crippen LogP contribution in [0.25, 0.3) is 0 Å². The molecule has 2 aromatic carbocycles. The normalized spacial score (nSPS) is 27.1. The molecule has 4 heterocycles. The van der Waals surface area contributed by atoms with Gasteiger partial charge in [0.05, 0.1) is 19.3 Å². The van der Waals surface area contributed by atoms with Crippen LogP contribution in [0.4, 0.5) is 20.4 Å². The van der Waals surface area contributed by atoms with E-state index < -0.39 is 23.7 Å². The number of ether oxygens (including phenoxy) is 1. The van der Waals surface area contributed by atoms with Crippen LogP contribution in [0.5, 0.6) is 0 Å². The van der Waals surface area contributed by atoms with Crippen molar-refractivity contribution >= 4 is 23.8 Å². The number of morpholine rings is 1. The van der Waals surface area contributed by atoms with Crippen LogP contribution in [-0.2, 0) is 38.2 Å². The van der Waals surface area contributed by atoms with E-state index in [4.69, 9.17) is 4.74 Å². The molecule has 0 saturated carbocycles. The largest absolute Gasteiger partial charge is 0.412 e. The molecule has 49 heavy (non-hydrogen) atoms. The molecule has 0 amide bonds. The zero-order valence-electron chi connectivity index (χ0n) is 28.4. The zero-order chi connectivity index (χ0) is 32.8. The van der Waals surface area contributed by atoms with Crippen LogP contribution in [0.15, 0.2) is 60.7 Å². The van der Waals surface area contributed by atoms with Crippen molar-refractivity contribution in [2.75, 3.05) is 45.9 Å². The first-order chi connectivity index (χ1) is 21.5. The number of likely N-dealkylation sites (tertiary alicyclic amines) is 2. The average Bonchev–Trinajstić information content (AvgIpc) is 3.69. The zero-order valence-corrected chi connectivity index (χ0v) is 31.6. The first kappa shape index (κ1) is 50.2. The van der Waals surface area contributed by atoms with E-state index in [0.29, 0.717) is 23.2 Å². The summed E-state index contributed by atoms with van der Waals surface area (Å²) >= 11 is -4.97. The molecule has 4 fully saturated rings. The molecule has 4 aliphatic rings. The van der Waals surface area contributed by atoms with Gasteiger partial charge in [0.1, 0.15) is 12.3 Å². The first-order valence-electron chi connectivity index (χ1n) is 16.0. The van der Waals surface area contributed by atoms with E-state index in [1.165, 1.54) is 11.1 Å². The molecule has 292 valence electrons. The molecule has 0 unspecified atom stereocenters. The van der Waals surface area contributed by atoms with Crippen LogP contribution in [0.2, 0.25) is 0 Å². The topological polar surface area (TPSA) is 114 Å². The molecule has 16 heteroatoms. The molecule has 6 atom stereocenters. The summed E-state index contributed by atoms with van der Waals surface area (Å²) in [6.45, 7) is 10.9. The molecule has 8 nitrogen and oxygen atoms in total. The molecule has 4 saturated heterocycles. The molecule has 0 aliphatic carbocycles. The first-order valence-corrected chi connectivity index (χ1v) is 17.2. The quantitative estimate of drug-likeness (QED) is 0.297. The Balaban J connectivity index is -0.000000586. The Labute approximate surface area is 312 Å². The number of nitrogens with one attached hydrogen (secondary N) is 1. The number of aliphatic hydroxyl groups excluding tert-OH is 1. The number of rotatable bonds is 5. The van der Waals surface area contributed by atoms with Crippen LogP contribution >= 0.6 is 23.8 Å². The fourth-order valence-corrected chi connectivity index (χ4v) is 6.17. The number of halogens is 6. The Morgan fingerprint density at radius 1 is 0.755 bits per heavy atom. The van der Waals surface area contributed by atoms with Gasteiger partial charge in [-0.1, -0.05) is 60.7 Å². The van der Waals surface area contributed by atoms with Crippen molar-refractivity contribution in [2.24, 2.45) is 0 Å². The van der Waals surface area contributed by atoms with E-state index in [0.717, 1.165) is 39.1 Å². The number of hydrogen-bond acceptors (Lipinski definition) is 6. The Bertz CT molecular complexity index is 1030. The van der Waals surface area contributed by atoms with Crippen molar-refractivity contribution in [2.45, 2.75) is 89.7 Å². The summed E-state index contributed by atoms with van der Waals surface area (Å²) in [5.41, 5.74) is 2.60. The molecular formula is C33H58ClF5N4O4PdS. The van der Waals surface area contributed by atoms with Gasteiger partial charge in [-0.25, -0.2) is 8.78 Å². The van der Waals surface area contributed by atoms with E-state index in [1.54, 1.807) is 0 Å². The molecular weight excluding hydrogens is 785 g/mol. The molecule has 6 rings (SSSR count). The second-order valence-electron chi connectivity index (χ2n) is 12.0. The summed E-state index contributed by atoms with van der Waals surface area (Å²) in [7, 11) is 0. The molecule has 0 bridgehead atoms. The van der Waals surface area contributed by atoms with Crippen LogP contribution in [0, 0.1) is 0 Å². The smallest absolute Gasteiger partial charge is 0.278 e. The van der Waals surface area contributed by atoms with Gasteiger partial charge in [0.2, 0.25) is 0 Å². The van der Waals surface area contributed by atoms with Crippen LogP contribution in [0.3, 0.4) is 0 Å². The van der Waals surface area contributed by atoms with Gasteiger partial charge in [0, 0.05) is 79.2 Å². The Morgan fingerprint density at radius 2 is 1.22 bits per heavy atom. The summed E-state index contributed by atoms with van der Waals surface area (Å²) in [4.78, 5) is 4.54. The van der Waals surface area contributed by atoms with E-state index >= 15 is 0 Å². The van der Waals surface area contributed by atoms with Crippen molar-refractivity contribution in [1.82, 2.24) is 19.4 Å². The maximum absolute atomic E-state index is 13.2. The number of nitrogens with zero attached hydrogens (tertiary/aromatic N) is 3. The SMILES string of the molecule is C[C@@H]1NCC[C@@H]1F.C[C@H]1[C@@H](F)CCN1Cc1ccccc1.C[C@H]1[C@H](O)CCN1Cc1ccccc1.Cl.FS(F)(F)N1CCOCC1.O.O.[HH].[Pd]. The van der Waals surface area contributed by atoms with E-state index in [-0.39, 0.29) is 89.7 Å². The molecule has 0 aromatic heterocycles. The second-order valence-corrected chi connectivity index (χ2v) is 13.3. The molecule has 2 aromatic rings. The minimum absolute atomic E-state index is 0. The number of aliphatic hydroxyl groups is 1. The van der Waals surface area contributed by atoms with Gasteiger partial charge in [-0.2, -0.15) is 4.31 Å². The third kappa shape index (κ3) is 17.9. The van der Waals surface area contributed by atoms with Crippen molar-refractivity contribution in [1.29, 1.82) is 0 Å². The standard InChI is InChI=1S/C12H16FN.C12H17NO.C5H10FN.C4H8F3NOS.ClH.2H2O.Pd.H2/c1-10-12(13)7-8-14(10)9-11-5-3-2-4-6-11;1-10-12(14)7-8-13(10)9-11-5-3-2-4-6-11;1-4-5(6)2-3-7-4;5-10(6,7)8-1-3-9-4-2-8;;;;;/h2-6,10,12H,7-9H2,1H3;2-6,10,12,14H,7-9H2,1H3;4-5,7H,2-3H2,1H3;1-4H2;1H;2*1H2;;1H/t10-,12-;10-,12+;4-,5-;;;;;;/m000....../s1. The number of hydrogen-bond donors (Lipinski definition) is 2. The minimum Gasteiger partial charge on any atom is -0.412 e. The predicted octanol–water partition coefficient (Wildman–Crippen LogP) is 5.67. The Morgan fingerprint density at radius 3 is 1.53 bits per heavy atom. The number of benzene rings is 2. The van der Waals surface area contributed by atoms with Gasteiger partial charge < -0.3 is 26.1 Å². The minimum atomic E-state index is -4.97. The van der Waals surface area contributed by atoms with Crippen LogP contribution in [-0.4, -0.2) is 113 Å². The predicted molar refractivity (Wildman–Crippen MR) is 190 cm³/mol. The van der Waals surface area contributed by atoms with E-state index in [2.05, 4.69) is 58.4 Å². The van der Waals surface area contributed by atoms with Gasteiger partial charge in [0.15, 0.2) is 0 Å². The number of alkyl halides is 2. The fourth-order valence-electron chi connectivity index (χ4n) is 5.61. The summed E-state index contributed by atoms with van der Waals surface area (Å²) in [6, 6.07) is 21.2. The maximum Gasteiger partial charge on any atom is 0.278 e. The molecule has 4 aliphatic heterocycles. The van der Waals surface area contributed by atoms with Crippen molar-refractivity contribution < 1.29 is 63.1 Å². The summed E-state index contributed by atoms with van der Waals surface area (Å²) < 4.78 is 66.5. The van der Waals surface area contributed by atoms with Gasteiger partial charge in [-0.15, -0.1) is 24.1 Å². The summed E-state index contributed by atoms with van der Waals surface area (Å²) in [5, 5.41) is 12.6. The third-order valence-corrected chi connectivity index (χ3v) is 9.74. The summed E-state index contributed by atoms with van der Waals surface area (Å²) in [6.07, 6.45) is 0.917. The van der Waals surface area contributed by atoms with Crippen molar-refractivity contribution in [3.05, 3.63) is 71.8 Å². The average molecular weight is 844 g/mol. The molecule has 0 spiro atoms. The van der Waals surface area contributed by atoms with Gasteiger partial charge >= 0.3 is 0 Å². The summed E-state index contributed by atoms with van der Waals surface area (Å²) in [5.74, 6) is 0. The van der Waals surface area contributed by atoms with Crippen LogP contribution < -0.4 is 5.32 Å². The van der Waals surface area contributed by atoms with Crippen molar-refractivity contribution in [3.63, 3.8) is 0 Å². The van der Waals surface area contributed by atoms with Gasteiger partial charge in [-0.05, 0) is 57.7 Å². The van der Waals surface area contributed by atoms with Crippen molar-refractivity contribution in [3.8, 4) is 0 Å². The molecule has 0 radical (unpaired) electrons. The van der Waals surface area contributed by atoms with Gasteiger partial charge in [-0.3, -0.25) is 9.80 Å². The molecule has 6 N–H and O–H groups in total. The fraction of sp³-hybridized carbons (Fsp3) is 0.636. The van der Waals surface area contributed by atoms with Gasteiger partial charge in [0.25, 0.3) is 11.4 Å². The van der Waals surface area contributed by atoms with E-state index in [1.807, 2.05) is 38.1 Å².